The standard InChI is InChI=1S/C44H49Cl2F2N15O5/c45-31-7-3-27(15-33(31)47)60-37(64)39(66)62-35-25(13-23-11-21(1-5-29(23)35)17-56-41(49)50)19-57-42(51)54-9-10-55-43(52)58-20-26-14-24-12-22(18-59-44(53)68)2-6-30(24)36(26)63-40(67)38(65)61-28-4-8-32(46)34(48)16-28/h1-8,11-12,15-16,25-26,35-36H,9-10,13-14,17-20H2,(H,60,64)(H,61,65)(H,62,66)(H,63,67)(H4,49,50,56)(H3,51,54,57)(H3,52,55,58)(H3,53,59,68)/t25-,26-,35-,36-/m1/s1. The van der Waals surface area contributed by atoms with Crippen LogP contribution in [0, 0.1) is 23.5 Å². The summed E-state index contributed by atoms with van der Waals surface area (Å²) in [5.41, 5.74) is 33.7. The lowest BCUT2D eigenvalue weighted by Gasteiger charge is -2.21. The Labute approximate surface area is 398 Å². The first-order valence-electron chi connectivity index (χ1n) is 21.0. The molecule has 4 atom stereocenters. The lowest BCUT2D eigenvalue weighted by Crippen LogP contribution is -2.42. The van der Waals surface area contributed by atoms with E-state index >= 15 is 0 Å². The van der Waals surface area contributed by atoms with Gasteiger partial charge in [-0.15, -0.1) is 0 Å². The Kier molecular flexibility index (Phi) is 16.6. The van der Waals surface area contributed by atoms with Crippen LogP contribution in [-0.4, -0.2) is 73.7 Å². The second-order valence-electron chi connectivity index (χ2n) is 15.8. The average molecular weight is 977 g/mol. The number of rotatable bonds is 15. The monoisotopic (exact) mass is 975 g/mol. The number of hydrogen-bond donors (Lipinski definition) is 12. The third-order valence-corrected chi connectivity index (χ3v) is 11.6. The van der Waals surface area contributed by atoms with Gasteiger partial charge >= 0.3 is 29.7 Å². The van der Waals surface area contributed by atoms with Crippen LogP contribution in [0.3, 0.4) is 0 Å². The highest BCUT2D eigenvalue weighted by atomic mass is 35.5. The van der Waals surface area contributed by atoms with Crippen LogP contribution in [0.4, 0.5) is 25.0 Å². The fourth-order valence-corrected chi connectivity index (χ4v) is 7.99. The van der Waals surface area contributed by atoms with Gasteiger partial charge in [-0.3, -0.25) is 29.2 Å². The number of nitrogens with two attached hydrogens (primary N) is 5. The summed E-state index contributed by atoms with van der Waals surface area (Å²) in [4.78, 5) is 76.4. The molecule has 20 nitrogen and oxygen atoms in total. The Morgan fingerprint density at radius 2 is 1.03 bits per heavy atom. The summed E-state index contributed by atoms with van der Waals surface area (Å²) in [7, 11) is 0. The van der Waals surface area contributed by atoms with Crippen molar-refractivity contribution in [3.63, 3.8) is 0 Å². The first-order chi connectivity index (χ1) is 32.4. The predicted octanol–water partition coefficient (Wildman–Crippen LogP) is 1.66. The molecule has 2 aliphatic carbocycles. The van der Waals surface area contributed by atoms with E-state index in [0.29, 0.717) is 12.8 Å². The van der Waals surface area contributed by atoms with Crippen molar-refractivity contribution in [1.29, 1.82) is 0 Å². The number of urea groups is 1. The highest BCUT2D eigenvalue weighted by molar-refractivity contribution is 6.40. The Bertz CT molecular complexity index is 2680. The van der Waals surface area contributed by atoms with Gasteiger partial charge in [-0.05, 0) is 82.6 Å². The van der Waals surface area contributed by atoms with E-state index in [1.54, 1.807) is 12.1 Å². The molecule has 6 amide bonds. The highest BCUT2D eigenvalue weighted by Gasteiger charge is 2.36. The number of carbonyl (C=O) groups excluding carboxylic acids is 5. The van der Waals surface area contributed by atoms with Crippen molar-refractivity contribution in [1.82, 2.24) is 26.6 Å². The number of nitrogens with zero attached hydrogens (tertiary/aromatic N) is 3. The molecule has 0 radical (unpaired) electrons. The van der Waals surface area contributed by atoms with Gasteiger partial charge in [0.1, 0.15) is 11.6 Å². The molecule has 17 N–H and O–H groups in total. The molecule has 4 aromatic carbocycles. The molecule has 68 heavy (non-hydrogen) atoms. The lowest BCUT2D eigenvalue weighted by molar-refractivity contribution is -0.136. The van der Waals surface area contributed by atoms with E-state index in [9.17, 15) is 32.8 Å². The van der Waals surface area contributed by atoms with E-state index in [0.717, 1.165) is 45.5 Å². The van der Waals surface area contributed by atoms with E-state index in [4.69, 9.17) is 51.9 Å². The van der Waals surface area contributed by atoms with Gasteiger partial charge in [0.2, 0.25) is 0 Å². The molecule has 0 spiro atoms. The molecule has 0 saturated heterocycles. The van der Waals surface area contributed by atoms with Crippen LogP contribution in [0.5, 0.6) is 0 Å². The summed E-state index contributed by atoms with van der Waals surface area (Å²) in [6.07, 6.45) is 0.904. The molecule has 6 rings (SSSR count). The van der Waals surface area contributed by atoms with Crippen molar-refractivity contribution in [3.8, 4) is 0 Å². The minimum absolute atomic E-state index is 0.0400. The average Bonchev–Trinajstić information content (AvgIpc) is 3.82. The molecule has 0 aromatic heterocycles. The Morgan fingerprint density at radius 3 is 1.47 bits per heavy atom. The highest BCUT2D eigenvalue weighted by Crippen LogP contribution is 2.38. The third kappa shape index (κ3) is 13.4. The second-order valence-corrected chi connectivity index (χ2v) is 16.6. The number of amides is 6. The molecule has 0 saturated carbocycles. The lowest BCUT2D eigenvalue weighted by atomic mass is 10.0. The number of anilines is 2. The number of benzene rings is 4. The molecular weight excluding hydrogens is 927 g/mol. The van der Waals surface area contributed by atoms with Gasteiger partial charge in [-0.1, -0.05) is 59.6 Å². The molecule has 0 aliphatic heterocycles. The maximum atomic E-state index is 14.0. The van der Waals surface area contributed by atoms with E-state index in [1.807, 2.05) is 24.3 Å². The zero-order valence-corrected chi connectivity index (χ0v) is 37.7. The van der Waals surface area contributed by atoms with Crippen molar-refractivity contribution >= 4 is 82.1 Å². The van der Waals surface area contributed by atoms with Gasteiger partial charge in [0.05, 0.1) is 28.7 Å². The summed E-state index contributed by atoms with van der Waals surface area (Å²) in [5, 5.41) is 18.6. The predicted molar refractivity (Wildman–Crippen MR) is 254 cm³/mol. The van der Waals surface area contributed by atoms with Gasteiger partial charge in [0.15, 0.2) is 17.9 Å². The van der Waals surface area contributed by atoms with Gasteiger partial charge in [0, 0.05) is 55.9 Å². The molecule has 2 aliphatic rings. The van der Waals surface area contributed by atoms with Crippen molar-refractivity contribution < 1.29 is 32.8 Å². The Hall–Kier alpha value is -7.72. The Balaban J connectivity index is 1.04. The van der Waals surface area contributed by atoms with Crippen LogP contribution in [-0.2, 0) is 45.1 Å². The van der Waals surface area contributed by atoms with E-state index in [2.05, 4.69) is 52.2 Å². The fourth-order valence-electron chi connectivity index (χ4n) is 7.76. The summed E-state index contributed by atoms with van der Waals surface area (Å²) >= 11 is 11.5. The zero-order chi connectivity index (χ0) is 49.1. The number of guanidine groups is 3. The van der Waals surface area contributed by atoms with Crippen LogP contribution in [0.2, 0.25) is 10.0 Å². The van der Waals surface area contributed by atoms with Crippen LogP contribution < -0.4 is 65.9 Å². The summed E-state index contributed by atoms with van der Waals surface area (Å²) in [5.74, 6) is -6.04. The van der Waals surface area contributed by atoms with Gasteiger partial charge < -0.3 is 65.9 Å². The molecular formula is C44H49Cl2F2N15O5. The first-order valence-corrected chi connectivity index (χ1v) is 21.7. The largest absolute Gasteiger partial charge is 0.370 e. The SMILES string of the molecule is NC(=O)NCc1ccc2c(c1)C[C@H](CN=C(N)NCCNC(N)=NC[C@H]1Cc3cc(CN=C(N)N)ccc3[C@@H]1NC(=O)C(=O)Nc1ccc(Cl)c(F)c1)[C@H]2NC(=O)C(=O)Nc1ccc(Cl)c(F)c1. The second kappa shape index (κ2) is 22.7. The third-order valence-electron chi connectivity index (χ3n) is 11.0. The van der Waals surface area contributed by atoms with E-state index < -0.39 is 53.4 Å². The summed E-state index contributed by atoms with van der Waals surface area (Å²) in [6.45, 7) is 1.22. The number of halogens is 4. The first kappa shape index (κ1) is 49.7. The molecule has 0 unspecified atom stereocenters. The minimum Gasteiger partial charge on any atom is -0.370 e. The van der Waals surface area contributed by atoms with Crippen LogP contribution in [0.25, 0.3) is 0 Å². The number of carbonyl (C=O) groups is 5. The van der Waals surface area contributed by atoms with E-state index in [-0.39, 0.29) is 90.4 Å². The van der Waals surface area contributed by atoms with Gasteiger partial charge in [-0.25, -0.2) is 18.6 Å². The van der Waals surface area contributed by atoms with Crippen molar-refractivity contribution in [2.24, 2.45) is 55.5 Å². The topological polar surface area (TPSA) is 337 Å². The van der Waals surface area contributed by atoms with Crippen LogP contribution >= 0.6 is 23.2 Å². The molecule has 0 fully saturated rings. The number of hydrogen-bond acceptors (Lipinski definition) is 8. The van der Waals surface area contributed by atoms with Crippen molar-refractivity contribution in [2.45, 2.75) is 38.0 Å². The molecule has 0 bridgehead atoms. The zero-order valence-electron chi connectivity index (χ0n) is 36.2. The number of fused-ring (bicyclic) bond motifs is 2. The van der Waals surface area contributed by atoms with Crippen molar-refractivity contribution in [2.75, 3.05) is 36.8 Å². The smallest absolute Gasteiger partial charge is 0.313 e. The van der Waals surface area contributed by atoms with Crippen LogP contribution in [0.1, 0.15) is 45.5 Å². The molecule has 0 heterocycles. The fraction of sp³-hybridized carbons (Fsp3) is 0.273. The number of nitrogens with one attached hydrogen (secondary N) is 7. The van der Waals surface area contributed by atoms with Crippen LogP contribution in [0.15, 0.2) is 87.8 Å². The minimum atomic E-state index is -1.02. The number of aliphatic imine (C=N–C) groups is 3. The number of primary amides is 1. The molecule has 358 valence electrons. The normalized spacial score (nSPS) is 17.2. The van der Waals surface area contributed by atoms with E-state index in [1.165, 1.54) is 24.3 Å². The quantitative estimate of drug-likeness (QED) is 0.0352. The summed E-state index contributed by atoms with van der Waals surface area (Å²) in [6, 6.07) is 16.2. The molecule has 24 heteroatoms. The maximum absolute atomic E-state index is 14.0. The Morgan fingerprint density at radius 1 is 0.574 bits per heavy atom. The maximum Gasteiger partial charge on any atom is 0.313 e. The van der Waals surface area contributed by atoms with Crippen molar-refractivity contribution in [3.05, 3.63) is 128 Å². The van der Waals surface area contributed by atoms with Gasteiger partial charge in [-0.2, -0.15) is 0 Å². The summed E-state index contributed by atoms with van der Waals surface area (Å²) < 4.78 is 28.0. The van der Waals surface area contributed by atoms with Gasteiger partial charge in [0.25, 0.3) is 0 Å². The molecule has 4 aromatic rings.